The van der Waals surface area contributed by atoms with E-state index in [0.29, 0.717) is 13.2 Å². The van der Waals surface area contributed by atoms with Crippen LogP contribution < -0.4 is 5.32 Å². The Morgan fingerprint density at radius 3 is 1.66 bits per heavy atom. The Labute approximate surface area is 179 Å². The van der Waals surface area contributed by atoms with Gasteiger partial charge in [0.25, 0.3) is 0 Å². The van der Waals surface area contributed by atoms with Crippen molar-refractivity contribution in [3.63, 3.8) is 0 Å². The Morgan fingerprint density at radius 1 is 0.724 bits per heavy atom. The Kier molecular flexibility index (Phi) is 20.8. The number of carbonyl (C=O) groups is 2. The van der Waals surface area contributed by atoms with Gasteiger partial charge in [-0.15, -0.1) is 0 Å². The van der Waals surface area contributed by atoms with Crippen LogP contribution in [0.4, 0.5) is 0 Å². The number of carboxylic acids is 1. The zero-order chi connectivity index (χ0) is 21.6. The Morgan fingerprint density at radius 2 is 1.17 bits per heavy atom. The fraction of sp³-hybridized carbons (Fsp3) is 0.917. The number of hydrogen-bond donors (Lipinski definition) is 2. The highest BCUT2D eigenvalue weighted by atomic mass is 16.5. The lowest BCUT2D eigenvalue weighted by atomic mass is 10.1. The fourth-order valence-electron chi connectivity index (χ4n) is 3.43. The average molecular weight is 414 g/mol. The molecule has 5 heteroatoms. The van der Waals surface area contributed by atoms with Gasteiger partial charge < -0.3 is 15.2 Å². The summed E-state index contributed by atoms with van der Waals surface area (Å²) in [5.41, 5.74) is 0. The molecule has 0 aromatic carbocycles. The molecule has 29 heavy (non-hydrogen) atoms. The summed E-state index contributed by atoms with van der Waals surface area (Å²) in [4.78, 5) is 23.2. The van der Waals surface area contributed by atoms with Crippen LogP contribution >= 0.6 is 0 Å². The van der Waals surface area contributed by atoms with Crippen molar-refractivity contribution in [1.29, 1.82) is 0 Å². The van der Waals surface area contributed by atoms with Gasteiger partial charge in [-0.2, -0.15) is 0 Å². The molecule has 1 atom stereocenters. The quantitative estimate of drug-likeness (QED) is 0.162. The van der Waals surface area contributed by atoms with Gasteiger partial charge in [-0.25, -0.2) is 0 Å². The largest absolute Gasteiger partial charge is 0.480 e. The summed E-state index contributed by atoms with van der Waals surface area (Å²) in [6, 6.07) is -0.842. The van der Waals surface area contributed by atoms with Crippen molar-refractivity contribution in [1.82, 2.24) is 5.32 Å². The number of unbranched alkanes of at least 4 members (excludes halogenated alkanes) is 14. The number of esters is 1. The third-order valence-electron chi connectivity index (χ3n) is 5.35. The van der Waals surface area contributed by atoms with Crippen LogP contribution in [0.3, 0.4) is 0 Å². The predicted molar refractivity (Wildman–Crippen MR) is 120 cm³/mol. The average Bonchev–Trinajstić information content (AvgIpc) is 2.70. The Bertz CT molecular complexity index is 387. The van der Waals surface area contributed by atoms with E-state index in [-0.39, 0.29) is 6.42 Å². The second-order valence-corrected chi connectivity index (χ2v) is 8.22. The number of hydrogen-bond acceptors (Lipinski definition) is 4. The maximum atomic E-state index is 11.9. The van der Waals surface area contributed by atoms with Gasteiger partial charge >= 0.3 is 11.9 Å². The highest BCUT2D eigenvalue weighted by molar-refractivity contribution is 5.81. The van der Waals surface area contributed by atoms with Crippen molar-refractivity contribution in [2.75, 3.05) is 13.2 Å². The molecule has 0 aliphatic carbocycles. The van der Waals surface area contributed by atoms with E-state index in [0.717, 1.165) is 25.7 Å². The van der Waals surface area contributed by atoms with E-state index in [2.05, 4.69) is 19.2 Å². The highest BCUT2D eigenvalue weighted by Gasteiger charge is 2.21. The molecule has 0 heterocycles. The second-order valence-electron chi connectivity index (χ2n) is 8.22. The molecule has 0 amide bonds. The zero-order valence-electron chi connectivity index (χ0n) is 19.2. The van der Waals surface area contributed by atoms with Crippen molar-refractivity contribution in [3.8, 4) is 0 Å². The summed E-state index contributed by atoms with van der Waals surface area (Å²) in [6.07, 6.45) is 19.2. The minimum Gasteiger partial charge on any atom is -0.480 e. The highest BCUT2D eigenvalue weighted by Crippen LogP contribution is 2.10. The van der Waals surface area contributed by atoms with E-state index in [9.17, 15) is 14.7 Å². The van der Waals surface area contributed by atoms with Crippen LogP contribution in [0.25, 0.3) is 0 Å². The van der Waals surface area contributed by atoms with E-state index in [4.69, 9.17) is 4.74 Å². The summed E-state index contributed by atoms with van der Waals surface area (Å²) in [6.45, 7) is 5.46. The molecule has 0 saturated heterocycles. The molecule has 0 aromatic rings. The van der Waals surface area contributed by atoms with Gasteiger partial charge in [-0.3, -0.25) is 9.59 Å². The smallest absolute Gasteiger partial charge is 0.321 e. The zero-order valence-corrected chi connectivity index (χ0v) is 19.2. The lowest BCUT2D eigenvalue weighted by Gasteiger charge is -2.14. The van der Waals surface area contributed by atoms with Crippen molar-refractivity contribution in [2.45, 2.75) is 129 Å². The molecule has 0 aliphatic heterocycles. The summed E-state index contributed by atoms with van der Waals surface area (Å²) >= 11 is 0. The molecule has 0 spiro atoms. The van der Waals surface area contributed by atoms with Crippen LogP contribution in [-0.2, 0) is 14.3 Å². The van der Waals surface area contributed by atoms with Gasteiger partial charge in [0.1, 0.15) is 6.04 Å². The van der Waals surface area contributed by atoms with Gasteiger partial charge in [-0.05, 0) is 19.4 Å². The van der Waals surface area contributed by atoms with E-state index in [1.54, 1.807) is 0 Å². The fourth-order valence-corrected chi connectivity index (χ4v) is 3.43. The molecule has 0 bridgehead atoms. The van der Waals surface area contributed by atoms with Crippen LogP contribution in [0, 0.1) is 0 Å². The molecule has 0 fully saturated rings. The molecule has 1 unspecified atom stereocenters. The number of aliphatic carboxylic acids is 1. The van der Waals surface area contributed by atoms with Crippen LogP contribution in [0.2, 0.25) is 0 Å². The van der Waals surface area contributed by atoms with Crippen LogP contribution in [0.5, 0.6) is 0 Å². The summed E-state index contributed by atoms with van der Waals surface area (Å²) in [5.74, 6) is -1.39. The third kappa shape index (κ3) is 20.0. The molecule has 0 aromatic heterocycles. The monoisotopic (exact) mass is 413 g/mol. The maximum absolute atomic E-state index is 11.9. The SMILES string of the molecule is CCCCCCCCCCCCOC(=O)CC(NCCCCCCCC)C(=O)O. The molecule has 0 rings (SSSR count). The Hall–Kier alpha value is -1.10. The van der Waals surface area contributed by atoms with Crippen LogP contribution in [0.15, 0.2) is 0 Å². The first-order chi connectivity index (χ1) is 14.1. The molecular formula is C24H47NO4. The number of rotatable bonds is 22. The van der Waals surface area contributed by atoms with Crippen molar-refractivity contribution >= 4 is 11.9 Å². The van der Waals surface area contributed by atoms with Gasteiger partial charge in [0, 0.05) is 0 Å². The first-order valence-corrected chi connectivity index (χ1v) is 12.2. The van der Waals surface area contributed by atoms with Gasteiger partial charge in [-0.1, -0.05) is 104 Å². The van der Waals surface area contributed by atoms with Crippen LogP contribution in [-0.4, -0.2) is 36.2 Å². The first kappa shape index (κ1) is 27.9. The number of nitrogens with one attached hydrogen (secondary N) is 1. The molecular weight excluding hydrogens is 366 g/mol. The van der Waals surface area contributed by atoms with Crippen molar-refractivity contribution in [3.05, 3.63) is 0 Å². The van der Waals surface area contributed by atoms with E-state index in [1.165, 1.54) is 77.0 Å². The number of carbonyl (C=O) groups excluding carboxylic acids is 1. The van der Waals surface area contributed by atoms with E-state index >= 15 is 0 Å². The van der Waals surface area contributed by atoms with Gasteiger partial charge in [0.2, 0.25) is 0 Å². The van der Waals surface area contributed by atoms with Crippen LogP contribution in [0.1, 0.15) is 123 Å². The normalized spacial score (nSPS) is 12.1. The number of carboxylic acid groups (broad SMARTS) is 1. The topological polar surface area (TPSA) is 75.6 Å². The summed E-state index contributed by atoms with van der Waals surface area (Å²) in [5, 5.41) is 12.3. The summed E-state index contributed by atoms with van der Waals surface area (Å²) < 4.78 is 5.22. The maximum Gasteiger partial charge on any atom is 0.321 e. The lowest BCUT2D eigenvalue weighted by molar-refractivity contribution is -0.149. The molecule has 2 N–H and O–H groups in total. The number of ether oxygens (including phenoxy) is 1. The first-order valence-electron chi connectivity index (χ1n) is 12.2. The molecule has 5 nitrogen and oxygen atoms in total. The minimum atomic E-state index is -0.980. The summed E-state index contributed by atoms with van der Waals surface area (Å²) in [7, 11) is 0. The molecule has 0 radical (unpaired) electrons. The Balaban J connectivity index is 3.61. The van der Waals surface area contributed by atoms with Gasteiger partial charge in [0.05, 0.1) is 13.0 Å². The predicted octanol–water partition coefficient (Wildman–Crippen LogP) is 6.24. The molecule has 172 valence electrons. The lowest BCUT2D eigenvalue weighted by Crippen LogP contribution is -2.39. The van der Waals surface area contributed by atoms with Crippen molar-refractivity contribution in [2.24, 2.45) is 0 Å². The standard InChI is InChI=1S/C24H47NO4/c1-3-5-7-9-11-12-13-14-16-18-20-29-23(26)21-22(24(27)28)25-19-17-15-10-8-6-4-2/h22,25H,3-21H2,1-2H3,(H,27,28). The third-order valence-corrected chi connectivity index (χ3v) is 5.35. The van der Waals surface area contributed by atoms with Gasteiger partial charge in [0.15, 0.2) is 0 Å². The van der Waals surface area contributed by atoms with E-state index in [1.807, 2.05) is 0 Å². The minimum absolute atomic E-state index is 0.0943. The molecule has 0 saturated carbocycles. The second kappa shape index (κ2) is 21.6. The molecule has 0 aliphatic rings. The van der Waals surface area contributed by atoms with Crippen molar-refractivity contribution < 1.29 is 19.4 Å². The van der Waals surface area contributed by atoms with E-state index < -0.39 is 18.0 Å².